The van der Waals surface area contributed by atoms with E-state index in [9.17, 15) is 9.59 Å². The standard InChI is InChI=1S/C16H24NO3/c1-12(2)14(18)11-15(17(3,4)5)20-16(19)13-9-7-6-8-10-13/h6-10,12,15H,11H2,1-5H3/q+1. The van der Waals surface area contributed by atoms with E-state index < -0.39 is 6.23 Å². The number of carbonyl (C=O) groups excluding carboxylic acids is 2. The van der Waals surface area contributed by atoms with Crippen LogP contribution in [0.3, 0.4) is 0 Å². The van der Waals surface area contributed by atoms with Gasteiger partial charge in [0.05, 0.1) is 33.1 Å². The quantitative estimate of drug-likeness (QED) is 0.456. The number of hydrogen-bond acceptors (Lipinski definition) is 3. The second-order valence-electron chi connectivity index (χ2n) is 6.17. The number of carbonyl (C=O) groups is 2. The summed E-state index contributed by atoms with van der Waals surface area (Å²) in [6, 6.07) is 8.84. The molecular formula is C16H24NO3+. The van der Waals surface area contributed by atoms with Gasteiger partial charge >= 0.3 is 5.97 Å². The van der Waals surface area contributed by atoms with Gasteiger partial charge in [-0.25, -0.2) is 4.79 Å². The number of Topliss-reactive ketones (excluding diaryl/α,β-unsaturated/α-hetero) is 1. The van der Waals surface area contributed by atoms with Crippen molar-refractivity contribution in [2.24, 2.45) is 5.92 Å². The van der Waals surface area contributed by atoms with Crippen molar-refractivity contribution < 1.29 is 18.8 Å². The van der Waals surface area contributed by atoms with Crippen LogP contribution in [0.25, 0.3) is 0 Å². The van der Waals surface area contributed by atoms with E-state index >= 15 is 0 Å². The maximum Gasteiger partial charge on any atom is 0.342 e. The van der Waals surface area contributed by atoms with E-state index in [1.807, 2.05) is 41.1 Å². The Balaban J connectivity index is 2.81. The molecule has 1 rings (SSSR count). The molecule has 1 unspecified atom stereocenters. The molecule has 0 amide bonds. The van der Waals surface area contributed by atoms with Gasteiger partial charge in [-0.05, 0) is 12.1 Å². The molecule has 0 aliphatic carbocycles. The first-order valence-corrected chi connectivity index (χ1v) is 6.81. The van der Waals surface area contributed by atoms with Gasteiger partial charge < -0.3 is 4.74 Å². The Kier molecular flexibility index (Phi) is 5.45. The van der Waals surface area contributed by atoms with Crippen molar-refractivity contribution in [1.82, 2.24) is 0 Å². The molecule has 1 atom stereocenters. The Morgan fingerprint density at radius 3 is 2.10 bits per heavy atom. The lowest BCUT2D eigenvalue weighted by Crippen LogP contribution is -2.49. The number of ketones is 1. The number of benzene rings is 1. The van der Waals surface area contributed by atoms with Crippen molar-refractivity contribution in [2.75, 3.05) is 21.1 Å². The topological polar surface area (TPSA) is 43.4 Å². The molecule has 4 nitrogen and oxygen atoms in total. The van der Waals surface area contributed by atoms with E-state index in [4.69, 9.17) is 4.74 Å². The second kappa shape index (κ2) is 6.66. The molecule has 0 spiro atoms. The summed E-state index contributed by atoms with van der Waals surface area (Å²) >= 11 is 0. The van der Waals surface area contributed by atoms with Gasteiger partial charge in [0.25, 0.3) is 0 Å². The van der Waals surface area contributed by atoms with E-state index in [-0.39, 0.29) is 24.1 Å². The molecule has 0 heterocycles. The highest BCUT2D eigenvalue weighted by atomic mass is 16.6. The van der Waals surface area contributed by atoms with Gasteiger partial charge in [-0.15, -0.1) is 0 Å². The SMILES string of the molecule is CC(C)C(=O)CC(OC(=O)c1ccccc1)[N+](C)(C)C. The molecule has 1 aromatic rings. The van der Waals surface area contributed by atoms with Crippen LogP contribution in [-0.2, 0) is 9.53 Å². The van der Waals surface area contributed by atoms with Crippen LogP contribution in [0.5, 0.6) is 0 Å². The lowest BCUT2D eigenvalue weighted by molar-refractivity contribution is -0.915. The van der Waals surface area contributed by atoms with Gasteiger partial charge in [0, 0.05) is 5.92 Å². The third-order valence-corrected chi connectivity index (χ3v) is 3.14. The monoisotopic (exact) mass is 278 g/mol. The predicted molar refractivity (Wildman–Crippen MR) is 78.1 cm³/mol. The van der Waals surface area contributed by atoms with E-state index in [1.54, 1.807) is 24.3 Å². The van der Waals surface area contributed by atoms with Crippen molar-refractivity contribution in [1.29, 1.82) is 0 Å². The smallest absolute Gasteiger partial charge is 0.342 e. The molecule has 0 aliphatic rings. The Labute approximate surface area is 120 Å². The minimum Gasteiger partial charge on any atom is -0.408 e. The molecule has 0 bridgehead atoms. The highest BCUT2D eigenvalue weighted by Crippen LogP contribution is 2.15. The number of esters is 1. The minimum absolute atomic E-state index is 0.0560. The minimum atomic E-state index is -0.474. The zero-order chi connectivity index (χ0) is 15.3. The summed E-state index contributed by atoms with van der Waals surface area (Å²) in [6.45, 7) is 3.71. The fraction of sp³-hybridized carbons (Fsp3) is 0.500. The maximum absolute atomic E-state index is 12.1. The zero-order valence-electron chi connectivity index (χ0n) is 12.9. The van der Waals surface area contributed by atoms with Crippen molar-refractivity contribution in [3.63, 3.8) is 0 Å². The van der Waals surface area contributed by atoms with E-state index in [2.05, 4.69) is 0 Å². The van der Waals surface area contributed by atoms with E-state index in [0.717, 1.165) is 0 Å². The number of quaternary nitrogens is 1. The fourth-order valence-electron chi connectivity index (χ4n) is 1.65. The first-order chi connectivity index (χ1) is 9.21. The Morgan fingerprint density at radius 2 is 1.65 bits per heavy atom. The van der Waals surface area contributed by atoms with Crippen LogP contribution in [0.15, 0.2) is 30.3 Å². The van der Waals surface area contributed by atoms with Gasteiger partial charge in [-0.3, -0.25) is 9.28 Å². The molecule has 20 heavy (non-hydrogen) atoms. The molecule has 0 aromatic heterocycles. The van der Waals surface area contributed by atoms with Gasteiger partial charge in [-0.1, -0.05) is 32.0 Å². The van der Waals surface area contributed by atoms with Crippen LogP contribution >= 0.6 is 0 Å². The highest BCUT2D eigenvalue weighted by molar-refractivity contribution is 5.89. The summed E-state index contributed by atoms with van der Waals surface area (Å²) in [5, 5.41) is 0. The highest BCUT2D eigenvalue weighted by Gasteiger charge is 2.31. The van der Waals surface area contributed by atoms with Crippen LogP contribution in [0.1, 0.15) is 30.6 Å². The summed E-state index contributed by atoms with van der Waals surface area (Å²) in [6.07, 6.45) is -0.239. The van der Waals surface area contributed by atoms with Crippen molar-refractivity contribution in [3.8, 4) is 0 Å². The molecule has 0 saturated heterocycles. The molecule has 0 fully saturated rings. The Bertz CT molecular complexity index is 460. The summed E-state index contributed by atoms with van der Waals surface area (Å²) in [5.41, 5.74) is 0.503. The van der Waals surface area contributed by atoms with Gasteiger partial charge in [-0.2, -0.15) is 0 Å². The van der Waals surface area contributed by atoms with Crippen LogP contribution in [0, 0.1) is 5.92 Å². The number of rotatable bonds is 6. The molecule has 0 N–H and O–H groups in total. The number of nitrogens with zero attached hydrogens (tertiary/aromatic N) is 1. The van der Waals surface area contributed by atoms with Crippen molar-refractivity contribution in [2.45, 2.75) is 26.5 Å². The molecule has 0 aliphatic heterocycles. The average Bonchev–Trinajstić information content (AvgIpc) is 2.37. The molecule has 4 heteroatoms. The van der Waals surface area contributed by atoms with E-state index in [0.29, 0.717) is 10.0 Å². The third kappa shape index (κ3) is 4.78. The van der Waals surface area contributed by atoms with Gasteiger partial charge in [0.2, 0.25) is 6.23 Å². The van der Waals surface area contributed by atoms with Gasteiger partial charge in [0.15, 0.2) is 0 Å². The fourth-order valence-corrected chi connectivity index (χ4v) is 1.65. The first kappa shape index (κ1) is 16.4. The first-order valence-electron chi connectivity index (χ1n) is 6.81. The number of hydrogen-bond donors (Lipinski definition) is 0. The maximum atomic E-state index is 12.1. The molecule has 0 saturated carbocycles. The predicted octanol–water partition coefficient (Wildman–Crippen LogP) is 2.49. The van der Waals surface area contributed by atoms with Crippen molar-refractivity contribution >= 4 is 11.8 Å². The summed E-state index contributed by atoms with van der Waals surface area (Å²) in [7, 11) is 5.74. The van der Waals surface area contributed by atoms with Crippen molar-refractivity contribution in [3.05, 3.63) is 35.9 Å². The van der Waals surface area contributed by atoms with Crippen LogP contribution in [0.4, 0.5) is 0 Å². The summed E-state index contributed by atoms with van der Waals surface area (Å²) < 4.78 is 5.93. The Hall–Kier alpha value is -1.68. The average molecular weight is 278 g/mol. The largest absolute Gasteiger partial charge is 0.408 e. The number of ether oxygens (including phenoxy) is 1. The Morgan fingerprint density at radius 1 is 1.10 bits per heavy atom. The van der Waals surface area contributed by atoms with E-state index in [1.165, 1.54) is 0 Å². The summed E-state index contributed by atoms with van der Waals surface area (Å²) in [5.74, 6) is -0.344. The summed E-state index contributed by atoms with van der Waals surface area (Å²) in [4.78, 5) is 24.0. The molecule has 1 aromatic carbocycles. The van der Waals surface area contributed by atoms with Crippen LogP contribution in [0.2, 0.25) is 0 Å². The lowest BCUT2D eigenvalue weighted by Gasteiger charge is -2.33. The second-order valence-corrected chi connectivity index (χ2v) is 6.17. The molecular weight excluding hydrogens is 254 g/mol. The van der Waals surface area contributed by atoms with Gasteiger partial charge in [0.1, 0.15) is 5.78 Å². The van der Waals surface area contributed by atoms with Crippen LogP contribution < -0.4 is 0 Å². The normalized spacial score (nSPS) is 13.1. The third-order valence-electron chi connectivity index (χ3n) is 3.14. The lowest BCUT2D eigenvalue weighted by atomic mass is 10.0. The molecule has 0 radical (unpaired) electrons. The molecule has 110 valence electrons. The van der Waals surface area contributed by atoms with Crippen LogP contribution in [-0.4, -0.2) is 43.6 Å². The zero-order valence-corrected chi connectivity index (χ0v) is 12.9.